The molecule has 0 aromatic heterocycles. The van der Waals surface area contributed by atoms with Crippen molar-refractivity contribution in [2.75, 3.05) is 6.54 Å². The lowest BCUT2D eigenvalue weighted by molar-refractivity contribution is -0.124. The highest BCUT2D eigenvalue weighted by Gasteiger charge is 2.38. The lowest BCUT2D eigenvalue weighted by atomic mass is 9.84. The fourth-order valence-electron chi connectivity index (χ4n) is 3.36. The third-order valence-corrected chi connectivity index (χ3v) is 4.56. The molecular formula is C17H25NO. The molecule has 1 fully saturated rings. The first-order valence-electron chi connectivity index (χ1n) is 7.33. The van der Waals surface area contributed by atoms with E-state index in [0.717, 1.165) is 25.8 Å². The van der Waals surface area contributed by atoms with Gasteiger partial charge in [-0.25, -0.2) is 0 Å². The van der Waals surface area contributed by atoms with E-state index in [-0.39, 0.29) is 5.54 Å². The lowest BCUT2D eigenvalue weighted by Gasteiger charge is -2.27. The molecule has 0 radical (unpaired) electrons. The number of nitrogens with one attached hydrogen (secondary N) is 1. The van der Waals surface area contributed by atoms with Gasteiger partial charge in [0.25, 0.3) is 0 Å². The highest BCUT2D eigenvalue weighted by Crippen LogP contribution is 2.27. The summed E-state index contributed by atoms with van der Waals surface area (Å²) in [6.07, 6.45) is 3.58. The van der Waals surface area contributed by atoms with Crippen molar-refractivity contribution < 1.29 is 4.79 Å². The number of benzene rings is 1. The van der Waals surface area contributed by atoms with Crippen LogP contribution in [0.3, 0.4) is 0 Å². The molecule has 1 heterocycles. The summed E-state index contributed by atoms with van der Waals surface area (Å²) < 4.78 is 0. The zero-order chi connectivity index (χ0) is 14.0. The molecular weight excluding hydrogens is 234 g/mol. The third-order valence-electron chi connectivity index (χ3n) is 4.56. The normalized spacial score (nSPS) is 22.7. The Morgan fingerprint density at radius 1 is 1.26 bits per heavy atom. The van der Waals surface area contributed by atoms with E-state index >= 15 is 0 Å². The van der Waals surface area contributed by atoms with Crippen molar-refractivity contribution >= 4 is 5.78 Å². The molecule has 2 heteroatoms. The number of rotatable bonds is 4. The first kappa shape index (κ1) is 14.3. The number of aryl methyl sites for hydroxylation is 3. The van der Waals surface area contributed by atoms with Crippen LogP contribution >= 0.6 is 0 Å². The number of carbonyl (C=O) groups excluding carboxylic acids is 1. The quantitative estimate of drug-likeness (QED) is 0.899. The first-order valence-corrected chi connectivity index (χ1v) is 7.33. The zero-order valence-corrected chi connectivity index (χ0v) is 12.6. The summed E-state index contributed by atoms with van der Waals surface area (Å²) in [5.41, 5.74) is 4.72. The maximum absolute atomic E-state index is 12.7. The van der Waals surface area contributed by atoms with Gasteiger partial charge in [-0.1, -0.05) is 24.6 Å². The van der Waals surface area contributed by atoms with E-state index in [4.69, 9.17) is 0 Å². The van der Waals surface area contributed by atoms with Crippen molar-refractivity contribution in [3.8, 4) is 0 Å². The van der Waals surface area contributed by atoms with Crippen LogP contribution in [-0.4, -0.2) is 17.9 Å². The average molecular weight is 259 g/mol. The summed E-state index contributed by atoms with van der Waals surface area (Å²) in [4.78, 5) is 12.7. The van der Waals surface area contributed by atoms with Crippen LogP contribution in [0, 0.1) is 20.8 Å². The van der Waals surface area contributed by atoms with E-state index in [1.807, 2.05) is 0 Å². The summed E-state index contributed by atoms with van der Waals surface area (Å²) in [5, 5.41) is 3.44. The molecule has 1 atom stereocenters. The fraction of sp³-hybridized carbons (Fsp3) is 0.588. The number of ketones is 1. The predicted molar refractivity (Wildman–Crippen MR) is 79.6 cm³/mol. The van der Waals surface area contributed by atoms with E-state index < -0.39 is 0 Å². The van der Waals surface area contributed by atoms with Crippen LogP contribution in [0.25, 0.3) is 0 Å². The van der Waals surface area contributed by atoms with Gasteiger partial charge in [-0.2, -0.15) is 0 Å². The fourth-order valence-corrected chi connectivity index (χ4v) is 3.36. The summed E-state index contributed by atoms with van der Waals surface area (Å²) in [7, 11) is 0. The van der Waals surface area contributed by atoms with Gasteiger partial charge in [-0.05, 0) is 63.3 Å². The largest absolute Gasteiger partial charge is 0.305 e. The van der Waals surface area contributed by atoms with Crippen molar-refractivity contribution in [1.82, 2.24) is 5.32 Å². The molecule has 2 rings (SSSR count). The summed E-state index contributed by atoms with van der Waals surface area (Å²) in [6.45, 7) is 9.43. The predicted octanol–water partition coefficient (Wildman–Crippen LogP) is 3.26. The molecule has 0 saturated carbocycles. The maximum Gasteiger partial charge on any atom is 0.157 e. The first-order chi connectivity index (χ1) is 8.98. The summed E-state index contributed by atoms with van der Waals surface area (Å²) in [6, 6.07) is 4.35. The van der Waals surface area contributed by atoms with E-state index in [0.29, 0.717) is 12.2 Å². The Bertz CT molecular complexity index is 461. The van der Waals surface area contributed by atoms with Crippen LogP contribution < -0.4 is 5.32 Å². The van der Waals surface area contributed by atoms with E-state index in [2.05, 4.69) is 45.1 Å². The molecule has 19 heavy (non-hydrogen) atoms. The molecule has 0 aliphatic carbocycles. The summed E-state index contributed by atoms with van der Waals surface area (Å²) in [5.74, 6) is 0.363. The maximum atomic E-state index is 12.7. The number of Topliss-reactive ketones (excluding diaryl/α,β-unsaturated/α-hetero) is 1. The Balaban J connectivity index is 2.24. The van der Waals surface area contributed by atoms with Crippen molar-refractivity contribution in [3.63, 3.8) is 0 Å². The Kier molecular flexibility index (Phi) is 4.10. The van der Waals surface area contributed by atoms with Gasteiger partial charge in [0.15, 0.2) is 5.78 Å². The second kappa shape index (κ2) is 5.46. The second-order valence-corrected chi connectivity index (χ2v) is 5.94. The van der Waals surface area contributed by atoms with Gasteiger partial charge in [0.05, 0.1) is 5.54 Å². The van der Waals surface area contributed by atoms with E-state index in [1.165, 1.54) is 22.3 Å². The lowest BCUT2D eigenvalue weighted by Crippen LogP contribution is -2.47. The van der Waals surface area contributed by atoms with Gasteiger partial charge in [-0.3, -0.25) is 4.79 Å². The topological polar surface area (TPSA) is 29.1 Å². The van der Waals surface area contributed by atoms with E-state index in [1.54, 1.807) is 0 Å². The second-order valence-electron chi connectivity index (χ2n) is 5.94. The standard InChI is InChI=1S/C17H25NO/c1-5-17(7-6-8-18-17)16(19)11-15-13(3)9-12(2)10-14(15)4/h9-10,18H,5-8,11H2,1-4H3. The van der Waals surface area contributed by atoms with Gasteiger partial charge >= 0.3 is 0 Å². The SMILES string of the molecule is CCC1(C(=O)Cc2c(C)cc(C)cc2C)CCCN1. The van der Waals surface area contributed by atoms with Gasteiger partial charge in [0, 0.05) is 6.42 Å². The number of hydrogen-bond acceptors (Lipinski definition) is 2. The molecule has 1 aromatic carbocycles. The minimum atomic E-state index is -0.260. The van der Waals surface area contributed by atoms with Crippen LogP contribution in [0.4, 0.5) is 0 Å². The molecule has 0 bridgehead atoms. The molecule has 1 saturated heterocycles. The van der Waals surface area contributed by atoms with Crippen LogP contribution in [0.2, 0.25) is 0 Å². The Morgan fingerprint density at radius 2 is 1.89 bits per heavy atom. The highest BCUT2D eigenvalue weighted by atomic mass is 16.1. The number of hydrogen-bond donors (Lipinski definition) is 1. The smallest absolute Gasteiger partial charge is 0.157 e. The van der Waals surface area contributed by atoms with Crippen molar-refractivity contribution in [3.05, 3.63) is 34.4 Å². The van der Waals surface area contributed by atoms with Crippen LogP contribution in [-0.2, 0) is 11.2 Å². The Labute approximate surface area is 116 Å². The van der Waals surface area contributed by atoms with Gasteiger partial charge in [0.1, 0.15) is 0 Å². The van der Waals surface area contributed by atoms with Crippen molar-refractivity contribution in [2.24, 2.45) is 0 Å². The molecule has 0 spiro atoms. The summed E-state index contributed by atoms with van der Waals surface area (Å²) >= 11 is 0. The van der Waals surface area contributed by atoms with Crippen LogP contribution in [0.5, 0.6) is 0 Å². The van der Waals surface area contributed by atoms with Gasteiger partial charge in [-0.15, -0.1) is 0 Å². The molecule has 104 valence electrons. The average Bonchev–Trinajstić information content (AvgIpc) is 2.83. The van der Waals surface area contributed by atoms with Crippen LogP contribution in [0.15, 0.2) is 12.1 Å². The molecule has 2 nitrogen and oxygen atoms in total. The molecule has 0 amide bonds. The monoisotopic (exact) mass is 259 g/mol. The number of carbonyl (C=O) groups is 1. The minimum absolute atomic E-state index is 0.260. The third kappa shape index (κ3) is 2.74. The molecule has 1 N–H and O–H groups in total. The highest BCUT2D eigenvalue weighted by molar-refractivity contribution is 5.91. The minimum Gasteiger partial charge on any atom is -0.305 e. The molecule has 1 unspecified atom stereocenters. The molecule has 1 aliphatic rings. The molecule has 1 aromatic rings. The van der Waals surface area contributed by atoms with Crippen LogP contribution in [0.1, 0.15) is 48.4 Å². The van der Waals surface area contributed by atoms with Gasteiger partial charge < -0.3 is 5.32 Å². The van der Waals surface area contributed by atoms with Gasteiger partial charge in [0.2, 0.25) is 0 Å². The molecule has 1 aliphatic heterocycles. The zero-order valence-electron chi connectivity index (χ0n) is 12.6. The Morgan fingerprint density at radius 3 is 2.37 bits per heavy atom. The van der Waals surface area contributed by atoms with Crippen molar-refractivity contribution in [1.29, 1.82) is 0 Å². The van der Waals surface area contributed by atoms with Crippen molar-refractivity contribution in [2.45, 2.75) is 58.9 Å². The Hall–Kier alpha value is -1.15. The van der Waals surface area contributed by atoms with E-state index in [9.17, 15) is 4.79 Å².